The van der Waals surface area contributed by atoms with E-state index in [4.69, 9.17) is 9.84 Å². The van der Waals surface area contributed by atoms with Gasteiger partial charge in [0.2, 0.25) is 11.9 Å². The van der Waals surface area contributed by atoms with E-state index in [9.17, 15) is 4.79 Å². The molecule has 0 aliphatic carbocycles. The Hall–Kier alpha value is -2.93. The van der Waals surface area contributed by atoms with Crippen LogP contribution in [0, 0.1) is 5.92 Å². The van der Waals surface area contributed by atoms with Crippen LogP contribution in [0.15, 0.2) is 36.4 Å². The average molecular weight is 406 g/mol. The summed E-state index contributed by atoms with van der Waals surface area (Å²) in [6.45, 7) is 5.63. The highest BCUT2D eigenvalue weighted by Gasteiger charge is 2.38. The number of anilines is 3. The van der Waals surface area contributed by atoms with Crippen molar-refractivity contribution in [1.29, 1.82) is 0 Å². The number of nitrogens with one attached hydrogen (secondary N) is 2. The Kier molecular flexibility index (Phi) is 4.70. The summed E-state index contributed by atoms with van der Waals surface area (Å²) in [5.41, 5.74) is 4.20. The van der Waals surface area contributed by atoms with Crippen molar-refractivity contribution >= 4 is 28.9 Å². The highest BCUT2D eigenvalue weighted by Crippen LogP contribution is 2.38. The number of rotatable bonds is 5. The van der Waals surface area contributed by atoms with Gasteiger partial charge < -0.3 is 15.4 Å². The lowest BCUT2D eigenvalue weighted by molar-refractivity contribution is -0.119. The summed E-state index contributed by atoms with van der Waals surface area (Å²) in [7, 11) is 0. The second kappa shape index (κ2) is 7.40. The smallest absolute Gasteiger partial charge is 0.247 e. The van der Waals surface area contributed by atoms with E-state index in [1.54, 1.807) is 0 Å². The number of nitrogens with zero attached hydrogens (tertiary/aromatic N) is 3. The van der Waals surface area contributed by atoms with Gasteiger partial charge in [0.25, 0.3) is 0 Å². The number of ether oxygens (including phenoxy) is 1. The fraction of sp³-hybridized carbons (Fsp3) is 0.435. The van der Waals surface area contributed by atoms with E-state index in [0.717, 1.165) is 67.4 Å². The lowest BCUT2D eigenvalue weighted by atomic mass is 9.86. The van der Waals surface area contributed by atoms with Gasteiger partial charge in [0.15, 0.2) is 5.65 Å². The summed E-state index contributed by atoms with van der Waals surface area (Å²) in [5.74, 6) is 1.30. The zero-order valence-corrected chi connectivity index (χ0v) is 17.4. The maximum Gasteiger partial charge on any atom is 0.247 e. The van der Waals surface area contributed by atoms with Crippen LogP contribution in [0.3, 0.4) is 0 Å². The molecule has 7 nitrogen and oxygen atoms in total. The van der Waals surface area contributed by atoms with Crippen LogP contribution in [0.4, 0.5) is 17.3 Å². The zero-order valence-electron chi connectivity index (χ0n) is 17.4. The van der Waals surface area contributed by atoms with Crippen LogP contribution in [0.2, 0.25) is 0 Å². The Morgan fingerprint density at radius 3 is 2.90 bits per heavy atom. The summed E-state index contributed by atoms with van der Waals surface area (Å²) in [5, 5.41) is 10.9. The molecule has 1 amide bonds. The molecule has 1 aromatic carbocycles. The number of fused-ring (bicyclic) bond motifs is 2. The summed E-state index contributed by atoms with van der Waals surface area (Å²) in [4.78, 5) is 16.8. The first-order valence-electron chi connectivity index (χ1n) is 10.7. The predicted octanol–water partition coefficient (Wildman–Crippen LogP) is 4.06. The normalized spacial score (nSPS) is 18.4. The monoisotopic (exact) mass is 405 g/mol. The number of carbonyl (C=O) groups is 1. The third-order valence-corrected chi connectivity index (χ3v) is 6.35. The molecular weight excluding hydrogens is 378 g/mol. The van der Waals surface area contributed by atoms with Gasteiger partial charge in [0, 0.05) is 30.3 Å². The second-order valence-electron chi connectivity index (χ2n) is 8.78. The Bertz CT molecular complexity index is 1100. The molecule has 7 heteroatoms. The fourth-order valence-corrected chi connectivity index (χ4v) is 4.39. The molecule has 0 unspecified atom stereocenters. The Balaban J connectivity index is 1.35. The van der Waals surface area contributed by atoms with Gasteiger partial charge in [-0.2, -0.15) is 4.98 Å². The molecule has 2 aromatic heterocycles. The van der Waals surface area contributed by atoms with Gasteiger partial charge in [-0.1, -0.05) is 12.1 Å². The summed E-state index contributed by atoms with van der Waals surface area (Å²) in [6.07, 6.45) is 4.41. The van der Waals surface area contributed by atoms with E-state index in [-0.39, 0.29) is 5.91 Å². The van der Waals surface area contributed by atoms with Gasteiger partial charge in [0.1, 0.15) is 0 Å². The first-order chi connectivity index (χ1) is 14.5. The molecular formula is C23H27N5O2. The van der Waals surface area contributed by atoms with E-state index in [1.165, 1.54) is 5.69 Å². The zero-order chi connectivity index (χ0) is 20.7. The highest BCUT2D eigenvalue weighted by molar-refractivity contribution is 6.06. The second-order valence-corrected chi connectivity index (χ2v) is 8.78. The molecule has 156 valence electrons. The Morgan fingerprint density at radius 1 is 1.23 bits per heavy atom. The molecule has 0 atom stereocenters. The minimum absolute atomic E-state index is 0.0228. The van der Waals surface area contributed by atoms with Crippen molar-refractivity contribution in [2.45, 2.75) is 44.9 Å². The van der Waals surface area contributed by atoms with Crippen LogP contribution < -0.4 is 10.6 Å². The van der Waals surface area contributed by atoms with Crippen molar-refractivity contribution in [3.63, 3.8) is 0 Å². The molecule has 1 fully saturated rings. The van der Waals surface area contributed by atoms with Crippen molar-refractivity contribution < 1.29 is 9.53 Å². The van der Waals surface area contributed by atoms with Crippen LogP contribution in [-0.4, -0.2) is 33.7 Å². The minimum Gasteiger partial charge on any atom is -0.381 e. The number of aromatic nitrogens is 3. The van der Waals surface area contributed by atoms with Crippen LogP contribution in [0.25, 0.3) is 5.65 Å². The number of benzene rings is 1. The molecule has 2 N–H and O–H groups in total. The molecule has 0 saturated carbocycles. The van der Waals surface area contributed by atoms with Crippen LogP contribution in [0.1, 0.15) is 44.4 Å². The molecule has 30 heavy (non-hydrogen) atoms. The Labute approximate surface area is 175 Å². The highest BCUT2D eigenvalue weighted by atomic mass is 16.5. The first kappa shape index (κ1) is 19.1. The lowest BCUT2D eigenvalue weighted by Gasteiger charge is -2.21. The maximum absolute atomic E-state index is 12.2. The molecule has 4 heterocycles. The van der Waals surface area contributed by atoms with Gasteiger partial charge in [-0.05, 0) is 75.3 Å². The van der Waals surface area contributed by atoms with E-state index in [1.807, 2.05) is 48.7 Å². The third kappa shape index (κ3) is 3.43. The molecule has 2 aliphatic rings. The van der Waals surface area contributed by atoms with E-state index < -0.39 is 5.41 Å². The number of amides is 1. The van der Waals surface area contributed by atoms with Crippen molar-refractivity contribution in [3.8, 4) is 0 Å². The molecule has 2 aliphatic heterocycles. The predicted molar refractivity (Wildman–Crippen MR) is 116 cm³/mol. The first-order valence-corrected chi connectivity index (χ1v) is 10.7. The standard InChI is InChI=1S/C23H27N5O2/c1-23(2)18-9-7-16(14-19(18)25-21(23)29)24-22-26-20-5-3-4-17(28(20)27-22)8-6-15-10-12-30-13-11-15/h3-5,7,9,14-15H,6,8,10-13H2,1-2H3,(H,24,27)(H,25,29). The summed E-state index contributed by atoms with van der Waals surface area (Å²) in [6, 6.07) is 12.0. The van der Waals surface area contributed by atoms with E-state index in [2.05, 4.69) is 21.7 Å². The van der Waals surface area contributed by atoms with Gasteiger partial charge in [0.05, 0.1) is 5.41 Å². The van der Waals surface area contributed by atoms with Crippen molar-refractivity contribution in [3.05, 3.63) is 47.7 Å². The van der Waals surface area contributed by atoms with Gasteiger partial charge in [-0.25, -0.2) is 4.52 Å². The molecule has 3 aromatic rings. The molecule has 5 rings (SSSR count). The van der Waals surface area contributed by atoms with Gasteiger partial charge in [-0.3, -0.25) is 4.79 Å². The van der Waals surface area contributed by atoms with Crippen LogP contribution >= 0.6 is 0 Å². The van der Waals surface area contributed by atoms with E-state index in [0.29, 0.717) is 5.95 Å². The maximum atomic E-state index is 12.2. The molecule has 0 spiro atoms. The SMILES string of the molecule is CC1(C)C(=O)Nc2cc(Nc3nc4cccc(CCC5CCOCC5)n4n3)ccc21. The minimum atomic E-state index is -0.505. The number of pyridine rings is 1. The molecule has 0 bridgehead atoms. The number of carbonyl (C=O) groups excluding carboxylic acids is 1. The van der Waals surface area contributed by atoms with Crippen LogP contribution in [-0.2, 0) is 21.4 Å². The Morgan fingerprint density at radius 2 is 2.07 bits per heavy atom. The lowest BCUT2D eigenvalue weighted by Crippen LogP contribution is -2.26. The summed E-state index contributed by atoms with van der Waals surface area (Å²) >= 11 is 0. The molecule has 1 saturated heterocycles. The van der Waals surface area contributed by atoms with Crippen LogP contribution in [0.5, 0.6) is 0 Å². The fourth-order valence-electron chi connectivity index (χ4n) is 4.39. The van der Waals surface area contributed by atoms with Crippen molar-refractivity contribution in [1.82, 2.24) is 14.6 Å². The van der Waals surface area contributed by atoms with Crippen molar-refractivity contribution in [2.75, 3.05) is 23.8 Å². The summed E-state index contributed by atoms with van der Waals surface area (Å²) < 4.78 is 7.40. The van der Waals surface area contributed by atoms with Gasteiger partial charge in [-0.15, -0.1) is 5.10 Å². The topological polar surface area (TPSA) is 80.5 Å². The molecule has 0 radical (unpaired) electrons. The number of hydrogen-bond acceptors (Lipinski definition) is 5. The van der Waals surface area contributed by atoms with Gasteiger partial charge >= 0.3 is 0 Å². The quantitative estimate of drug-likeness (QED) is 0.669. The number of aryl methyl sites for hydroxylation is 1. The van der Waals surface area contributed by atoms with Crippen molar-refractivity contribution in [2.24, 2.45) is 5.92 Å². The van der Waals surface area contributed by atoms with E-state index >= 15 is 0 Å². The number of hydrogen-bond donors (Lipinski definition) is 2. The largest absolute Gasteiger partial charge is 0.381 e. The third-order valence-electron chi connectivity index (χ3n) is 6.35. The average Bonchev–Trinajstić information content (AvgIpc) is 3.25.